The van der Waals surface area contributed by atoms with E-state index in [9.17, 15) is 14.5 Å². The summed E-state index contributed by atoms with van der Waals surface area (Å²) in [6, 6.07) is 2.96. The second-order valence-electron chi connectivity index (χ2n) is 2.17. The van der Waals surface area contributed by atoms with Crippen molar-refractivity contribution in [3.8, 4) is 0 Å². The average molecular weight is 266 g/mol. The Bertz CT molecular complexity index is 359. The summed E-state index contributed by atoms with van der Waals surface area (Å²) < 4.78 is 13.3. The Balaban J connectivity index is 3.41. The summed E-state index contributed by atoms with van der Waals surface area (Å²) in [5, 5.41) is 10.5. The minimum absolute atomic E-state index is 0.108. The highest BCUT2D eigenvalue weighted by molar-refractivity contribution is 9.10. The number of nitro groups is 1. The smallest absolute Gasteiger partial charge is 0.258 e. The molecule has 0 aliphatic heterocycles. The molecular formula is C7H5BrFNO2S. The maximum absolute atomic E-state index is 13.2. The van der Waals surface area contributed by atoms with Crippen LogP contribution in [0.5, 0.6) is 0 Å². The van der Waals surface area contributed by atoms with Crippen LogP contribution in [0.25, 0.3) is 0 Å². The van der Waals surface area contributed by atoms with Crippen molar-refractivity contribution in [1.29, 1.82) is 0 Å². The minimum atomic E-state index is -0.822. The summed E-state index contributed by atoms with van der Waals surface area (Å²) in [4.78, 5) is 10.1. The van der Waals surface area contributed by atoms with Crippen LogP contribution in [-0.2, 0) is 0 Å². The van der Waals surface area contributed by atoms with Crippen LogP contribution >= 0.6 is 27.7 Å². The SMILES string of the molecule is CSc1ccc(Br)c(F)c1[N+](=O)[O-]. The molecule has 0 aromatic heterocycles. The third-order valence-electron chi connectivity index (χ3n) is 1.43. The van der Waals surface area contributed by atoms with E-state index < -0.39 is 16.4 Å². The van der Waals surface area contributed by atoms with E-state index in [0.29, 0.717) is 4.90 Å². The van der Waals surface area contributed by atoms with Crippen LogP contribution in [0.4, 0.5) is 10.1 Å². The number of thioether (sulfide) groups is 1. The maximum Gasteiger partial charge on any atom is 0.319 e. The normalized spacial score (nSPS) is 10.1. The van der Waals surface area contributed by atoms with Gasteiger partial charge in [-0.1, -0.05) is 0 Å². The Kier molecular flexibility index (Phi) is 3.27. The van der Waals surface area contributed by atoms with Crippen LogP contribution in [0, 0.1) is 15.9 Å². The number of hydrogen-bond donors (Lipinski definition) is 0. The largest absolute Gasteiger partial charge is 0.319 e. The zero-order valence-electron chi connectivity index (χ0n) is 6.58. The number of nitrogens with zero attached hydrogens (tertiary/aromatic N) is 1. The molecule has 0 amide bonds. The molecule has 3 nitrogen and oxygen atoms in total. The Labute approximate surface area is 86.6 Å². The minimum Gasteiger partial charge on any atom is -0.258 e. The fourth-order valence-corrected chi connectivity index (χ4v) is 1.74. The molecule has 0 saturated heterocycles. The monoisotopic (exact) mass is 265 g/mol. The highest BCUT2D eigenvalue weighted by atomic mass is 79.9. The second-order valence-corrected chi connectivity index (χ2v) is 3.87. The van der Waals surface area contributed by atoms with Gasteiger partial charge in [-0.05, 0) is 34.3 Å². The van der Waals surface area contributed by atoms with E-state index in [0.717, 1.165) is 11.8 Å². The van der Waals surface area contributed by atoms with E-state index in [1.807, 2.05) is 0 Å². The zero-order valence-corrected chi connectivity index (χ0v) is 8.99. The first-order valence-electron chi connectivity index (χ1n) is 3.24. The van der Waals surface area contributed by atoms with Crippen LogP contribution in [-0.4, -0.2) is 11.2 Å². The number of halogens is 2. The molecule has 0 aliphatic carbocycles. The third-order valence-corrected chi connectivity index (χ3v) is 2.82. The predicted octanol–water partition coefficient (Wildman–Crippen LogP) is 3.22. The lowest BCUT2D eigenvalue weighted by molar-refractivity contribution is -0.390. The first-order chi connectivity index (χ1) is 6.07. The van der Waals surface area contributed by atoms with E-state index in [-0.39, 0.29) is 4.47 Å². The fraction of sp³-hybridized carbons (Fsp3) is 0.143. The first kappa shape index (κ1) is 10.5. The number of benzene rings is 1. The Morgan fingerprint density at radius 1 is 1.62 bits per heavy atom. The highest BCUT2D eigenvalue weighted by Gasteiger charge is 2.21. The molecule has 13 heavy (non-hydrogen) atoms. The molecule has 0 fully saturated rings. The molecule has 1 aromatic carbocycles. The first-order valence-corrected chi connectivity index (χ1v) is 5.26. The van der Waals surface area contributed by atoms with E-state index in [1.54, 1.807) is 6.26 Å². The van der Waals surface area contributed by atoms with Crippen molar-refractivity contribution in [2.75, 3.05) is 6.26 Å². The van der Waals surface area contributed by atoms with Crippen molar-refractivity contribution in [2.24, 2.45) is 0 Å². The lowest BCUT2D eigenvalue weighted by atomic mass is 10.3. The van der Waals surface area contributed by atoms with Crippen molar-refractivity contribution >= 4 is 33.4 Å². The van der Waals surface area contributed by atoms with Gasteiger partial charge in [-0.3, -0.25) is 10.1 Å². The van der Waals surface area contributed by atoms with Gasteiger partial charge in [-0.2, -0.15) is 4.39 Å². The molecule has 0 N–H and O–H groups in total. The molecule has 0 atom stereocenters. The van der Waals surface area contributed by atoms with Crippen LogP contribution in [0.3, 0.4) is 0 Å². The van der Waals surface area contributed by atoms with Crippen molar-refractivity contribution < 1.29 is 9.31 Å². The van der Waals surface area contributed by atoms with Gasteiger partial charge in [0.2, 0.25) is 5.82 Å². The Hall–Kier alpha value is -0.620. The van der Waals surface area contributed by atoms with Gasteiger partial charge in [0, 0.05) is 0 Å². The van der Waals surface area contributed by atoms with Gasteiger partial charge in [0.15, 0.2) is 0 Å². The van der Waals surface area contributed by atoms with Gasteiger partial charge >= 0.3 is 5.69 Å². The van der Waals surface area contributed by atoms with Gasteiger partial charge in [-0.25, -0.2) is 0 Å². The van der Waals surface area contributed by atoms with Crippen LogP contribution in [0.2, 0.25) is 0 Å². The van der Waals surface area contributed by atoms with Gasteiger partial charge in [-0.15, -0.1) is 11.8 Å². The van der Waals surface area contributed by atoms with Gasteiger partial charge < -0.3 is 0 Å². The molecule has 0 aliphatic rings. The molecule has 0 saturated carbocycles. The van der Waals surface area contributed by atoms with E-state index >= 15 is 0 Å². The molecule has 0 unspecified atom stereocenters. The topological polar surface area (TPSA) is 43.1 Å². The summed E-state index contributed by atoms with van der Waals surface area (Å²) in [7, 11) is 0. The van der Waals surface area contributed by atoms with Gasteiger partial charge in [0.1, 0.15) is 0 Å². The number of hydrogen-bond acceptors (Lipinski definition) is 3. The lowest BCUT2D eigenvalue weighted by Crippen LogP contribution is -1.95. The summed E-state index contributed by atoms with van der Waals surface area (Å²) in [5.74, 6) is -0.822. The van der Waals surface area contributed by atoms with Gasteiger partial charge in [0.05, 0.1) is 14.3 Å². The van der Waals surface area contributed by atoms with E-state index in [2.05, 4.69) is 15.9 Å². The summed E-state index contributed by atoms with van der Waals surface area (Å²) in [5.41, 5.74) is -0.470. The number of rotatable bonds is 2. The average Bonchev–Trinajstić information content (AvgIpc) is 2.08. The number of nitro benzene ring substituents is 1. The van der Waals surface area contributed by atoms with Crippen molar-refractivity contribution in [2.45, 2.75) is 4.90 Å². The molecule has 70 valence electrons. The predicted molar refractivity (Wildman–Crippen MR) is 52.5 cm³/mol. The summed E-state index contributed by atoms with van der Waals surface area (Å²) >= 11 is 4.03. The second kappa shape index (κ2) is 4.06. The van der Waals surface area contributed by atoms with Crippen LogP contribution in [0.15, 0.2) is 21.5 Å². The highest BCUT2D eigenvalue weighted by Crippen LogP contribution is 2.33. The van der Waals surface area contributed by atoms with Gasteiger partial charge in [0.25, 0.3) is 0 Å². The third kappa shape index (κ3) is 2.00. The Morgan fingerprint density at radius 3 is 2.69 bits per heavy atom. The quantitative estimate of drug-likeness (QED) is 0.469. The summed E-state index contributed by atoms with van der Waals surface area (Å²) in [6.45, 7) is 0. The molecule has 0 spiro atoms. The fourth-order valence-electron chi connectivity index (χ4n) is 0.857. The molecule has 6 heteroatoms. The lowest BCUT2D eigenvalue weighted by Gasteiger charge is -2.01. The van der Waals surface area contributed by atoms with E-state index in [4.69, 9.17) is 0 Å². The molecule has 0 bridgehead atoms. The van der Waals surface area contributed by atoms with Crippen LogP contribution < -0.4 is 0 Å². The Morgan fingerprint density at radius 2 is 2.23 bits per heavy atom. The molecular weight excluding hydrogens is 261 g/mol. The molecule has 0 heterocycles. The molecule has 1 aromatic rings. The maximum atomic E-state index is 13.2. The molecule has 0 radical (unpaired) electrons. The van der Waals surface area contributed by atoms with E-state index in [1.165, 1.54) is 12.1 Å². The zero-order chi connectivity index (χ0) is 10.0. The van der Waals surface area contributed by atoms with Crippen molar-refractivity contribution in [1.82, 2.24) is 0 Å². The van der Waals surface area contributed by atoms with Crippen LogP contribution in [0.1, 0.15) is 0 Å². The standard InChI is InChI=1S/C7H5BrFNO2S/c1-13-5-3-2-4(8)6(9)7(5)10(11)12/h2-3H,1H3. The van der Waals surface area contributed by atoms with Crippen molar-refractivity contribution in [3.63, 3.8) is 0 Å². The van der Waals surface area contributed by atoms with Crippen molar-refractivity contribution in [3.05, 3.63) is 32.5 Å². The molecule has 1 rings (SSSR count). The summed E-state index contributed by atoms with van der Waals surface area (Å²) in [6.07, 6.45) is 1.66.